The van der Waals surface area contributed by atoms with Crippen LogP contribution in [0, 0.1) is 6.92 Å². The third-order valence-corrected chi connectivity index (χ3v) is 3.67. The Balaban J connectivity index is 1.81. The Kier molecular flexibility index (Phi) is 4.74. The van der Waals surface area contributed by atoms with Gasteiger partial charge in [0.05, 0.1) is 6.54 Å². The van der Waals surface area contributed by atoms with Gasteiger partial charge in [0.2, 0.25) is 5.91 Å². The summed E-state index contributed by atoms with van der Waals surface area (Å²) < 4.78 is 0. The van der Waals surface area contributed by atoms with Gasteiger partial charge in [-0.15, -0.1) is 0 Å². The zero-order valence-corrected chi connectivity index (χ0v) is 11.7. The van der Waals surface area contributed by atoms with E-state index in [1.807, 2.05) is 12.1 Å². The summed E-state index contributed by atoms with van der Waals surface area (Å²) in [6, 6.07) is 8.57. The first-order valence-corrected chi connectivity index (χ1v) is 6.92. The first-order chi connectivity index (χ1) is 9.20. The molecule has 0 bridgehead atoms. The van der Waals surface area contributed by atoms with Gasteiger partial charge in [0.15, 0.2) is 0 Å². The molecule has 1 heterocycles. The third-order valence-electron chi connectivity index (χ3n) is 3.67. The van der Waals surface area contributed by atoms with Gasteiger partial charge in [-0.3, -0.25) is 9.69 Å². The van der Waals surface area contributed by atoms with Crippen molar-refractivity contribution < 1.29 is 4.79 Å². The Labute approximate surface area is 115 Å². The highest BCUT2D eigenvalue weighted by molar-refractivity contribution is 5.78. The number of nitrogens with zero attached hydrogens (tertiary/aromatic N) is 1. The molecule has 102 valence electrons. The van der Waals surface area contributed by atoms with Crippen LogP contribution in [-0.2, 0) is 11.3 Å². The number of amides is 1. The zero-order chi connectivity index (χ0) is 13.7. The Bertz CT molecular complexity index is 468. The molecule has 0 spiro atoms. The normalized spacial score (nSPS) is 18.7. The fourth-order valence-corrected chi connectivity index (χ4v) is 2.43. The van der Waals surface area contributed by atoms with Crippen LogP contribution < -0.4 is 5.32 Å². The predicted octanol–water partition coefficient (Wildman–Crippen LogP) is 2.26. The molecule has 0 saturated heterocycles. The summed E-state index contributed by atoms with van der Waals surface area (Å²) in [5.74, 6) is 0.102. The number of hydrogen-bond donors (Lipinski definition) is 1. The Morgan fingerprint density at radius 3 is 2.95 bits per heavy atom. The van der Waals surface area contributed by atoms with E-state index in [1.54, 1.807) is 0 Å². The Morgan fingerprint density at radius 1 is 1.42 bits per heavy atom. The number of carbonyl (C=O) groups is 1. The smallest absolute Gasteiger partial charge is 0.234 e. The van der Waals surface area contributed by atoms with E-state index in [2.05, 4.69) is 48.3 Å². The van der Waals surface area contributed by atoms with Crippen LogP contribution in [-0.4, -0.2) is 29.9 Å². The molecule has 1 aromatic rings. The van der Waals surface area contributed by atoms with Gasteiger partial charge in [-0.2, -0.15) is 0 Å². The van der Waals surface area contributed by atoms with Gasteiger partial charge in [-0.1, -0.05) is 43.3 Å². The second kappa shape index (κ2) is 6.53. The van der Waals surface area contributed by atoms with Crippen LogP contribution in [0.25, 0.3) is 0 Å². The summed E-state index contributed by atoms with van der Waals surface area (Å²) in [5, 5.41) is 3.00. The molecule has 0 aliphatic carbocycles. The number of rotatable bonds is 5. The molecule has 1 atom stereocenters. The predicted molar refractivity (Wildman–Crippen MR) is 77.8 cm³/mol. The average molecular weight is 258 g/mol. The maximum atomic E-state index is 12.0. The van der Waals surface area contributed by atoms with Gasteiger partial charge >= 0.3 is 0 Å². The largest absolute Gasteiger partial charge is 0.351 e. The van der Waals surface area contributed by atoms with Gasteiger partial charge in [-0.05, 0) is 24.5 Å². The molecule has 1 N–H and O–H groups in total. The maximum Gasteiger partial charge on any atom is 0.234 e. The van der Waals surface area contributed by atoms with Crippen LogP contribution in [0.15, 0.2) is 36.4 Å². The van der Waals surface area contributed by atoms with Crippen LogP contribution in [0.1, 0.15) is 24.5 Å². The van der Waals surface area contributed by atoms with Crippen LogP contribution in [0.2, 0.25) is 0 Å². The SMILES string of the molecule is CC[C@H]1C=CCN1CC(=O)NCc1ccccc1C. The topological polar surface area (TPSA) is 32.3 Å². The van der Waals surface area contributed by atoms with Crippen molar-refractivity contribution in [2.75, 3.05) is 13.1 Å². The highest BCUT2D eigenvalue weighted by atomic mass is 16.2. The molecule has 3 nitrogen and oxygen atoms in total. The molecular weight excluding hydrogens is 236 g/mol. The van der Waals surface area contributed by atoms with Crippen molar-refractivity contribution >= 4 is 5.91 Å². The van der Waals surface area contributed by atoms with Crippen molar-refractivity contribution in [3.05, 3.63) is 47.5 Å². The highest BCUT2D eigenvalue weighted by Crippen LogP contribution is 2.12. The molecule has 0 fully saturated rings. The number of carbonyl (C=O) groups excluding carboxylic acids is 1. The first kappa shape index (κ1) is 13.8. The lowest BCUT2D eigenvalue weighted by Crippen LogP contribution is -2.39. The van der Waals surface area contributed by atoms with E-state index in [0.29, 0.717) is 19.1 Å². The van der Waals surface area contributed by atoms with E-state index < -0.39 is 0 Å². The van der Waals surface area contributed by atoms with E-state index in [9.17, 15) is 4.79 Å². The maximum absolute atomic E-state index is 12.0. The highest BCUT2D eigenvalue weighted by Gasteiger charge is 2.20. The van der Waals surface area contributed by atoms with Crippen molar-refractivity contribution in [2.45, 2.75) is 32.9 Å². The quantitative estimate of drug-likeness (QED) is 0.822. The molecular formula is C16H22N2O. The van der Waals surface area contributed by atoms with Gasteiger partial charge < -0.3 is 5.32 Å². The molecule has 0 saturated carbocycles. The molecule has 0 radical (unpaired) electrons. The molecule has 1 aromatic carbocycles. The van der Waals surface area contributed by atoms with Gasteiger partial charge in [0.1, 0.15) is 0 Å². The van der Waals surface area contributed by atoms with Crippen LogP contribution >= 0.6 is 0 Å². The van der Waals surface area contributed by atoms with E-state index in [0.717, 1.165) is 13.0 Å². The Morgan fingerprint density at radius 2 is 2.21 bits per heavy atom. The Hall–Kier alpha value is -1.61. The van der Waals surface area contributed by atoms with Gasteiger partial charge in [0, 0.05) is 19.1 Å². The van der Waals surface area contributed by atoms with E-state index >= 15 is 0 Å². The molecule has 1 amide bonds. The number of hydrogen-bond acceptors (Lipinski definition) is 2. The summed E-state index contributed by atoms with van der Waals surface area (Å²) in [6.45, 7) is 6.20. The summed E-state index contributed by atoms with van der Waals surface area (Å²) in [4.78, 5) is 14.2. The van der Waals surface area contributed by atoms with Crippen LogP contribution in [0.5, 0.6) is 0 Å². The molecule has 0 aromatic heterocycles. The van der Waals surface area contributed by atoms with Crippen molar-refractivity contribution in [1.29, 1.82) is 0 Å². The molecule has 1 aliphatic heterocycles. The van der Waals surface area contributed by atoms with Crippen LogP contribution in [0.3, 0.4) is 0 Å². The van der Waals surface area contributed by atoms with Gasteiger partial charge in [-0.25, -0.2) is 0 Å². The lowest BCUT2D eigenvalue weighted by Gasteiger charge is -2.22. The molecule has 1 aliphatic rings. The van der Waals surface area contributed by atoms with Crippen molar-refractivity contribution in [3.8, 4) is 0 Å². The fraction of sp³-hybridized carbons (Fsp3) is 0.438. The summed E-state index contributed by atoms with van der Waals surface area (Å²) in [7, 11) is 0. The van der Waals surface area contributed by atoms with Crippen molar-refractivity contribution in [1.82, 2.24) is 10.2 Å². The van der Waals surface area contributed by atoms with E-state index in [-0.39, 0.29) is 5.91 Å². The second-order valence-corrected chi connectivity index (χ2v) is 5.04. The minimum absolute atomic E-state index is 0.102. The molecule has 19 heavy (non-hydrogen) atoms. The number of aryl methyl sites for hydroxylation is 1. The summed E-state index contributed by atoms with van der Waals surface area (Å²) in [5.41, 5.74) is 2.40. The lowest BCUT2D eigenvalue weighted by atomic mass is 10.1. The fourth-order valence-electron chi connectivity index (χ4n) is 2.43. The molecule has 2 rings (SSSR count). The molecule has 3 heteroatoms. The summed E-state index contributed by atoms with van der Waals surface area (Å²) >= 11 is 0. The lowest BCUT2D eigenvalue weighted by molar-refractivity contribution is -0.122. The standard InChI is InChI=1S/C16H22N2O/c1-3-15-9-6-10-18(15)12-16(19)17-11-14-8-5-4-7-13(14)2/h4-9,15H,3,10-12H2,1-2H3,(H,17,19)/t15-/m0/s1. The zero-order valence-electron chi connectivity index (χ0n) is 11.7. The minimum Gasteiger partial charge on any atom is -0.351 e. The number of nitrogens with one attached hydrogen (secondary N) is 1. The minimum atomic E-state index is 0.102. The van der Waals surface area contributed by atoms with Crippen molar-refractivity contribution in [2.24, 2.45) is 0 Å². The van der Waals surface area contributed by atoms with E-state index in [1.165, 1.54) is 11.1 Å². The van der Waals surface area contributed by atoms with Crippen LogP contribution in [0.4, 0.5) is 0 Å². The second-order valence-electron chi connectivity index (χ2n) is 5.04. The van der Waals surface area contributed by atoms with Crippen molar-refractivity contribution in [3.63, 3.8) is 0 Å². The average Bonchev–Trinajstić information content (AvgIpc) is 2.85. The third kappa shape index (κ3) is 3.67. The molecule has 0 unspecified atom stereocenters. The summed E-state index contributed by atoms with van der Waals surface area (Å²) in [6.07, 6.45) is 5.39. The first-order valence-electron chi connectivity index (χ1n) is 6.92. The van der Waals surface area contributed by atoms with E-state index in [4.69, 9.17) is 0 Å². The monoisotopic (exact) mass is 258 g/mol. The number of benzene rings is 1. The van der Waals surface area contributed by atoms with Gasteiger partial charge in [0.25, 0.3) is 0 Å².